The summed E-state index contributed by atoms with van der Waals surface area (Å²) in [5.41, 5.74) is 3.80. The maximum absolute atomic E-state index is 12.4. The average molecular weight is 398 g/mol. The fraction of sp³-hybridized carbons (Fsp3) is 0.417. The van der Waals surface area contributed by atoms with Crippen molar-refractivity contribution in [1.82, 2.24) is 5.32 Å². The van der Waals surface area contributed by atoms with Crippen LogP contribution in [0.1, 0.15) is 66.7 Å². The summed E-state index contributed by atoms with van der Waals surface area (Å²) in [6.45, 7) is 10.8. The first-order chi connectivity index (χ1) is 13.8. The standard InChI is InChI=1S/C24H31NO4/c1-6-28-22-12-10-19(15-23(22)29-7-2)18(5)25-24(27)13-11-21(26)20-9-8-16(3)17(4)14-20/h8-10,12,14-15,18H,6-7,11,13H2,1-5H3,(H,25,27)/t18-/m1/s1. The fourth-order valence-corrected chi connectivity index (χ4v) is 3.02. The van der Waals surface area contributed by atoms with E-state index in [0.29, 0.717) is 30.3 Å². The summed E-state index contributed by atoms with van der Waals surface area (Å²) in [7, 11) is 0. The van der Waals surface area contributed by atoms with Gasteiger partial charge in [0.25, 0.3) is 0 Å². The Hall–Kier alpha value is -2.82. The quantitative estimate of drug-likeness (QED) is 0.577. The molecule has 0 spiro atoms. The van der Waals surface area contributed by atoms with E-state index in [2.05, 4.69) is 5.32 Å². The predicted octanol–water partition coefficient (Wildman–Crippen LogP) is 4.94. The Kier molecular flexibility index (Phi) is 8.25. The molecule has 0 aliphatic carbocycles. The van der Waals surface area contributed by atoms with Crippen molar-refractivity contribution in [3.05, 3.63) is 58.7 Å². The SMILES string of the molecule is CCOc1ccc([C@@H](C)NC(=O)CCC(=O)c2ccc(C)c(C)c2)cc1OCC. The van der Waals surface area contributed by atoms with Crippen molar-refractivity contribution >= 4 is 11.7 Å². The predicted molar refractivity (Wildman–Crippen MR) is 115 cm³/mol. The Balaban J connectivity index is 1.95. The van der Waals surface area contributed by atoms with Crippen LogP contribution in [0.25, 0.3) is 0 Å². The third-order valence-electron chi connectivity index (χ3n) is 4.85. The number of rotatable bonds is 10. The van der Waals surface area contributed by atoms with Crippen LogP contribution in [0.5, 0.6) is 11.5 Å². The van der Waals surface area contributed by atoms with Gasteiger partial charge in [0.2, 0.25) is 5.91 Å². The number of benzene rings is 2. The number of carbonyl (C=O) groups excluding carboxylic acids is 2. The van der Waals surface area contributed by atoms with E-state index >= 15 is 0 Å². The molecule has 2 rings (SSSR count). The molecule has 5 nitrogen and oxygen atoms in total. The van der Waals surface area contributed by atoms with Crippen LogP contribution in [0.15, 0.2) is 36.4 Å². The number of ketones is 1. The van der Waals surface area contributed by atoms with Gasteiger partial charge in [0.15, 0.2) is 17.3 Å². The largest absolute Gasteiger partial charge is 0.490 e. The summed E-state index contributed by atoms with van der Waals surface area (Å²) in [5.74, 6) is 1.19. The first kappa shape index (κ1) is 22.5. The lowest BCUT2D eigenvalue weighted by molar-refractivity contribution is -0.121. The van der Waals surface area contributed by atoms with Crippen molar-refractivity contribution in [1.29, 1.82) is 0 Å². The van der Waals surface area contributed by atoms with Crippen molar-refractivity contribution in [3.8, 4) is 11.5 Å². The number of ether oxygens (including phenoxy) is 2. The van der Waals surface area contributed by atoms with E-state index in [1.54, 1.807) is 0 Å². The third kappa shape index (κ3) is 6.34. The molecular weight excluding hydrogens is 366 g/mol. The van der Waals surface area contributed by atoms with Crippen LogP contribution >= 0.6 is 0 Å². The molecule has 0 aliphatic heterocycles. The van der Waals surface area contributed by atoms with E-state index < -0.39 is 0 Å². The minimum absolute atomic E-state index is 0.0180. The molecule has 0 unspecified atom stereocenters. The number of Topliss-reactive ketones (excluding diaryl/α,β-unsaturated/α-hetero) is 1. The van der Waals surface area contributed by atoms with Gasteiger partial charge in [0.1, 0.15) is 0 Å². The number of amides is 1. The molecule has 1 amide bonds. The molecule has 0 fully saturated rings. The average Bonchev–Trinajstić information content (AvgIpc) is 2.69. The van der Waals surface area contributed by atoms with Crippen LogP contribution in [0.2, 0.25) is 0 Å². The topological polar surface area (TPSA) is 64.6 Å². The molecule has 0 saturated carbocycles. The Morgan fingerprint density at radius 3 is 2.24 bits per heavy atom. The molecule has 29 heavy (non-hydrogen) atoms. The van der Waals surface area contributed by atoms with Crippen molar-refractivity contribution in [2.24, 2.45) is 0 Å². The van der Waals surface area contributed by atoms with E-state index in [9.17, 15) is 9.59 Å². The van der Waals surface area contributed by atoms with Gasteiger partial charge in [-0.25, -0.2) is 0 Å². The van der Waals surface area contributed by atoms with Crippen LogP contribution in [0, 0.1) is 13.8 Å². The highest BCUT2D eigenvalue weighted by atomic mass is 16.5. The third-order valence-corrected chi connectivity index (χ3v) is 4.85. The number of carbonyl (C=O) groups is 2. The van der Waals surface area contributed by atoms with Crippen molar-refractivity contribution in [2.75, 3.05) is 13.2 Å². The fourth-order valence-electron chi connectivity index (χ4n) is 3.02. The van der Waals surface area contributed by atoms with Crippen molar-refractivity contribution in [3.63, 3.8) is 0 Å². The lowest BCUT2D eigenvalue weighted by atomic mass is 10.0. The normalized spacial score (nSPS) is 11.6. The monoisotopic (exact) mass is 397 g/mol. The van der Waals surface area contributed by atoms with Crippen molar-refractivity contribution < 1.29 is 19.1 Å². The minimum Gasteiger partial charge on any atom is -0.490 e. The van der Waals surface area contributed by atoms with Crippen LogP contribution in [-0.2, 0) is 4.79 Å². The second kappa shape index (κ2) is 10.6. The first-order valence-electron chi connectivity index (χ1n) is 10.1. The number of hydrogen-bond acceptors (Lipinski definition) is 4. The van der Waals surface area contributed by atoms with Crippen molar-refractivity contribution in [2.45, 2.75) is 53.5 Å². The van der Waals surface area contributed by atoms with E-state index in [0.717, 1.165) is 16.7 Å². The highest BCUT2D eigenvalue weighted by Gasteiger charge is 2.15. The van der Waals surface area contributed by atoms with Gasteiger partial charge in [0.05, 0.1) is 19.3 Å². The summed E-state index contributed by atoms with van der Waals surface area (Å²) >= 11 is 0. The molecule has 0 aromatic heterocycles. The highest BCUT2D eigenvalue weighted by Crippen LogP contribution is 2.30. The minimum atomic E-state index is -0.200. The Labute approximate surface area is 173 Å². The smallest absolute Gasteiger partial charge is 0.220 e. The van der Waals surface area contributed by atoms with Gasteiger partial charge in [-0.05, 0) is 69.5 Å². The summed E-state index contributed by atoms with van der Waals surface area (Å²) in [5, 5.41) is 2.96. The van der Waals surface area contributed by atoms with Crippen LogP contribution in [-0.4, -0.2) is 24.9 Å². The van der Waals surface area contributed by atoms with E-state index in [-0.39, 0.29) is 30.6 Å². The van der Waals surface area contributed by atoms with Crippen LogP contribution in [0.3, 0.4) is 0 Å². The zero-order chi connectivity index (χ0) is 21.4. The van der Waals surface area contributed by atoms with Gasteiger partial charge >= 0.3 is 0 Å². The first-order valence-corrected chi connectivity index (χ1v) is 10.1. The lowest BCUT2D eigenvalue weighted by Gasteiger charge is -2.17. The molecule has 2 aromatic carbocycles. The number of hydrogen-bond donors (Lipinski definition) is 1. The molecule has 1 N–H and O–H groups in total. The van der Waals surface area contributed by atoms with Gasteiger partial charge in [0, 0.05) is 18.4 Å². The molecule has 0 radical (unpaired) electrons. The summed E-state index contributed by atoms with van der Waals surface area (Å²) < 4.78 is 11.2. The summed E-state index contributed by atoms with van der Waals surface area (Å²) in [6, 6.07) is 11.1. The lowest BCUT2D eigenvalue weighted by Crippen LogP contribution is -2.27. The highest BCUT2D eigenvalue weighted by molar-refractivity contribution is 5.98. The molecule has 0 aliphatic rings. The zero-order valence-electron chi connectivity index (χ0n) is 18.0. The number of nitrogens with one attached hydrogen (secondary N) is 1. The van der Waals surface area contributed by atoms with Crippen LogP contribution in [0.4, 0.5) is 0 Å². The molecule has 156 valence electrons. The molecule has 2 aromatic rings. The molecular formula is C24H31NO4. The Morgan fingerprint density at radius 2 is 1.59 bits per heavy atom. The summed E-state index contributed by atoms with van der Waals surface area (Å²) in [6.07, 6.45) is 0.347. The van der Waals surface area contributed by atoms with Gasteiger partial charge in [-0.3, -0.25) is 9.59 Å². The van der Waals surface area contributed by atoms with Gasteiger partial charge < -0.3 is 14.8 Å². The van der Waals surface area contributed by atoms with Gasteiger partial charge in [-0.2, -0.15) is 0 Å². The van der Waals surface area contributed by atoms with Gasteiger partial charge in [-0.1, -0.05) is 18.2 Å². The van der Waals surface area contributed by atoms with E-state index in [1.807, 2.05) is 71.0 Å². The molecule has 0 saturated heterocycles. The van der Waals surface area contributed by atoms with Crippen LogP contribution < -0.4 is 14.8 Å². The maximum Gasteiger partial charge on any atom is 0.220 e. The summed E-state index contributed by atoms with van der Waals surface area (Å²) in [4.78, 5) is 24.7. The second-order valence-corrected chi connectivity index (χ2v) is 7.08. The molecule has 5 heteroatoms. The second-order valence-electron chi connectivity index (χ2n) is 7.08. The maximum atomic E-state index is 12.4. The molecule has 0 heterocycles. The molecule has 0 bridgehead atoms. The zero-order valence-corrected chi connectivity index (χ0v) is 18.0. The van der Waals surface area contributed by atoms with E-state index in [4.69, 9.17) is 9.47 Å². The molecule has 1 atom stereocenters. The Morgan fingerprint density at radius 1 is 0.897 bits per heavy atom. The van der Waals surface area contributed by atoms with E-state index in [1.165, 1.54) is 0 Å². The number of aryl methyl sites for hydroxylation is 2. The Bertz CT molecular complexity index is 860. The van der Waals surface area contributed by atoms with Gasteiger partial charge in [-0.15, -0.1) is 0 Å².